The number of aromatic amines is 2. The quantitative estimate of drug-likeness (QED) is 0.138. The van der Waals surface area contributed by atoms with Crippen LogP contribution in [-0.4, -0.2) is 49.8 Å². The topological polar surface area (TPSA) is 135 Å². The number of pyridine rings is 6. The van der Waals surface area contributed by atoms with Gasteiger partial charge in [-0.15, -0.1) is 0 Å². The van der Waals surface area contributed by atoms with E-state index < -0.39 is 0 Å². The van der Waals surface area contributed by atoms with E-state index in [1.54, 1.807) is 24.8 Å². The van der Waals surface area contributed by atoms with E-state index in [0.717, 1.165) is 157 Å². The van der Waals surface area contributed by atoms with Crippen LogP contribution in [0.3, 0.4) is 0 Å². The van der Waals surface area contributed by atoms with E-state index in [0.29, 0.717) is 0 Å². The molecule has 11 heterocycles. The number of hydrogen-bond donors (Lipinski definition) is 2. The van der Waals surface area contributed by atoms with Gasteiger partial charge in [0.1, 0.15) is 0 Å². The predicted octanol–water partition coefficient (Wildman–Crippen LogP) is 19.5. The molecule has 13 aromatic rings. The molecule has 2 aliphatic heterocycles. The summed E-state index contributed by atoms with van der Waals surface area (Å²) in [4.78, 5) is 48.3. The average Bonchev–Trinajstić information content (AvgIpc) is 1.73. The first-order valence-corrected chi connectivity index (χ1v) is 30.3. The lowest BCUT2D eigenvalue weighted by molar-refractivity contribution is 1.22. The monoisotopic (exact) mass is 1160 g/mol. The van der Waals surface area contributed by atoms with E-state index in [2.05, 4.69) is 197 Å². The van der Waals surface area contributed by atoms with Gasteiger partial charge in [-0.2, -0.15) is 0 Å². The Kier molecular flexibility index (Phi) is 14.0. The second-order valence-electron chi connectivity index (χ2n) is 23.3. The summed E-state index contributed by atoms with van der Waals surface area (Å²) in [6, 6.07) is 67.5. The van der Waals surface area contributed by atoms with Crippen molar-refractivity contribution in [1.29, 1.82) is 0 Å². The molecule has 90 heavy (non-hydrogen) atoms. The molecule has 15 rings (SSSR count). The van der Waals surface area contributed by atoms with Gasteiger partial charge in [0.2, 0.25) is 0 Å². The molecular weight excluding hydrogens is 1100 g/mol. The summed E-state index contributed by atoms with van der Waals surface area (Å²) in [5.41, 5.74) is 32.7. The SMILES string of the molecule is Cc1cc(C)c(-c2c3nc(c(-c4ccc(-c5cc(-c6ccccn6)nc(-c6ccccn6)c5)cc4)c4ccc([nH]4)c(-c4c(C)cc(C)cc4C)c4nc(c(-c5ccc(-c6cc(-c7ccccn7)nc(-c7ccccn7)c6)cc5)c5ccc2[nH]5)C=C4)C=C3)c(C)c1. The van der Waals surface area contributed by atoms with Crippen molar-refractivity contribution in [2.45, 2.75) is 41.5 Å². The number of aromatic nitrogens is 10. The van der Waals surface area contributed by atoms with Crippen molar-refractivity contribution in [1.82, 2.24) is 49.8 Å². The van der Waals surface area contributed by atoms with E-state index in [9.17, 15) is 0 Å². The number of fused-ring (bicyclic) bond motifs is 8. The van der Waals surface area contributed by atoms with E-state index in [1.807, 2.05) is 72.8 Å². The zero-order valence-corrected chi connectivity index (χ0v) is 50.7. The van der Waals surface area contributed by atoms with Crippen molar-refractivity contribution < 1.29 is 0 Å². The summed E-state index contributed by atoms with van der Waals surface area (Å²) >= 11 is 0. The first-order chi connectivity index (χ1) is 44.0. The summed E-state index contributed by atoms with van der Waals surface area (Å²) < 4.78 is 0. The Morgan fingerprint density at radius 2 is 0.511 bits per heavy atom. The van der Waals surface area contributed by atoms with Gasteiger partial charge in [0.05, 0.1) is 68.3 Å². The summed E-state index contributed by atoms with van der Waals surface area (Å²) in [6.45, 7) is 13.1. The van der Waals surface area contributed by atoms with Crippen LogP contribution in [0.5, 0.6) is 0 Å². The van der Waals surface area contributed by atoms with Gasteiger partial charge in [0.15, 0.2) is 0 Å². The van der Waals surface area contributed by atoms with Crippen molar-refractivity contribution in [2.75, 3.05) is 0 Å². The second-order valence-corrected chi connectivity index (χ2v) is 23.3. The highest BCUT2D eigenvalue weighted by atomic mass is 14.8. The minimum atomic E-state index is 0.771. The molecule has 0 unspecified atom stereocenters. The Morgan fingerprint density at radius 3 is 0.800 bits per heavy atom. The van der Waals surface area contributed by atoms with Crippen LogP contribution in [0.15, 0.2) is 219 Å². The number of aryl methyl sites for hydroxylation is 6. The van der Waals surface area contributed by atoms with Crippen LogP contribution in [0, 0.1) is 41.5 Å². The molecule has 9 aromatic heterocycles. The van der Waals surface area contributed by atoms with Gasteiger partial charge in [-0.1, -0.05) is 108 Å². The van der Waals surface area contributed by atoms with Crippen LogP contribution < -0.4 is 0 Å². The van der Waals surface area contributed by atoms with Crippen molar-refractivity contribution >= 4 is 46.4 Å². The Hall–Kier alpha value is -11.6. The lowest BCUT2D eigenvalue weighted by Gasteiger charge is -2.13. The third-order valence-corrected chi connectivity index (χ3v) is 17.0. The Bertz CT molecular complexity index is 4710. The van der Waals surface area contributed by atoms with Crippen LogP contribution in [0.4, 0.5) is 0 Å². The molecule has 8 bridgehead atoms. The number of rotatable bonds is 10. The van der Waals surface area contributed by atoms with Gasteiger partial charge in [-0.3, -0.25) is 19.9 Å². The van der Waals surface area contributed by atoms with Crippen LogP contribution >= 0.6 is 0 Å². The fourth-order valence-corrected chi connectivity index (χ4v) is 13.1. The molecule has 10 heteroatoms. The molecule has 0 spiro atoms. The third kappa shape index (κ3) is 10.4. The molecule has 0 saturated heterocycles. The van der Waals surface area contributed by atoms with Crippen LogP contribution in [0.1, 0.15) is 56.2 Å². The summed E-state index contributed by atoms with van der Waals surface area (Å²) in [7, 11) is 0. The van der Waals surface area contributed by atoms with Crippen molar-refractivity contribution in [3.63, 3.8) is 0 Å². The molecule has 0 atom stereocenters. The Morgan fingerprint density at radius 1 is 0.233 bits per heavy atom. The highest BCUT2D eigenvalue weighted by molar-refractivity contribution is 6.01. The largest absolute Gasteiger partial charge is 0.354 e. The molecule has 2 N–H and O–H groups in total. The lowest BCUT2D eigenvalue weighted by Crippen LogP contribution is -1.95. The number of nitrogens with one attached hydrogen (secondary N) is 2. The smallest absolute Gasteiger partial charge is 0.0900 e. The number of benzene rings is 4. The number of H-pyrrole nitrogens is 2. The zero-order chi connectivity index (χ0) is 61.0. The molecule has 0 amide bonds. The van der Waals surface area contributed by atoms with Crippen molar-refractivity contribution in [3.05, 3.63) is 275 Å². The molecule has 4 aromatic carbocycles. The summed E-state index contributed by atoms with van der Waals surface area (Å²) in [5, 5.41) is 0. The van der Waals surface area contributed by atoms with Crippen molar-refractivity contribution in [3.8, 4) is 112 Å². The van der Waals surface area contributed by atoms with Crippen LogP contribution in [-0.2, 0) is 0 Å². The average molecular weight is 1160 g/mol. The second kappa shape index (κ2) is 22.9. The van der Waals surface area contributed by atoms with E-state index >= 15 is 0 Å². The molecule has 2 aliphatic rings. The molecule has 0 radical (unpaired) electrons. The maximum Gasteiger partial charge on any atom is 0.0900 e. The van der Waals surface area contributed by atoms with Crippen LogP contribution in [0.2, 0.25) is 0 Å². The van der Waals surface area contributed by atoms with Gasteiger partial charge < -0.3 is 9.97 Å². The maximum absolute atomic E-state index is 5.72. The number of nitrogens with zero attached hydrogens (tertiary/aromatic N) is 8. The Labute approximate surface area is 522 Å². The first kappa shape index (κ1) is 55.0. The van der Waals surface area contributed by atoms with Gasteiger partial charge in [-0.25, -0.2) is 19.9 Å². The van der Waals surface area contributed by atoms with E-state index in [-0.39, 0.29) is 0 Å². The molecule has 0 fully saturated rings. The lowest BCUT2D eigenvalue weighted by atomic mass is 9.92. The zero-order valence-electron chi connectivity index (χ0n) is 50.7. The van der Waals surface area contributed by atoms with Gasteiger partial charge in [-0.05, 0) is 230 Å². The van der Waals surface area contributed by atoms with Crippen molar-refractivity contribution in [2.24, 2.45) is 0 Å². The van der Waals surface area contributed by atoms with Gasteiger partial charge >= 0.3 is 0 Å². The minimum absolute atomic E-state index is 0.771. The number of hydrogen-bond acceptors (Lipinski definition) is 8. The van der Waals surface area contributed by atoms with E-state index in [1.165, 1.54) is 33.4 Å². The summed E-state index contributed by atoms with van der Waals surface area (Å²) in [5.74, 6) is 0. The fraction of sp³-hybridized carbons (Fsp3) is 0.0750. The third-order valence-electron chi connectivity index (χ3n) is 17.0. The van der Waals surface area contributed by atoms with E-state index in [4.69, 9.17) is 39.9 Å². The molecule has 10 nitrogen and oxygen atoms in total. The van der Waals surface area contributed by atoms with Gasteiger partial charge in [0, 0.05) is 69.1 Å². The molecule has 430 valence electrons. The standard InChI is InChI=1S/C80H60N10/c1-47-39-49(3)75(50(4)40-47)79-67-31-27-63(85-67)77(55-23-19-53(20-24-55)57-43-71(59-15-7-11-35-81-59)89-72(44-57)60-16-8-12-36-82-60)65-29-33-69(87-65)80(76-51(5)41-48(2)42-52(76)6)70-34-30-66(88-70)78(64-28-32-68(79)86-64)56-25-21-54(22-26-56)58-45-73(61-17-9-13-37-83-61)90-74(46-58)62-18-10-14-38-84-62/h7-46,85,88H,1-6H3. The predicted molar refractivity (Wildman–Crippen MR) is 368 cm³/mol. The summed E-state index contributed by atoms with van der Waals surface area (Å²) in [6.07, 6.45) is 15.9. The minimum Gasteiger partial charge on any atom is -0.354 e. The molecule has 0 saturated carbocycles. The highest BCUT2D eigenvalue weighted by Crippen LogP contribution is 2.43. The molecule has 0 aliphatic carbocycles. The maximum atomic E-state index is 5.72. The molecular formula is C80H60N10. The van der Waals surface area contributed by atoms with Gasteiger partial charge in [0.25, 0.3) is 0 Å². The normalized spacial score (nSPS) is 11.8. The first-order valence-electron chi connectivity index (χ1n) is 30.3. The van der Waals surface area contributed by atoms with Crippen LogP contribution in [0.25, 0.3) is 159 Å². The highest BCUT2D eigenvalue weighted by Gasteiger charge is 2.23. The fourth-order valence-electron chi connectivity index (χ4n) is 13.1. The Balaban J connectivity index is 0.962.